The van der Waals surface area contributed by atoms with Gasteiger partial charge in [-0.15, -0.1) is 0 Å². The summed E-state index contributed by atoms with van der Waals surface area (Å²) in [4.78, 5) is 19.3. The van der Waals surface area contributed by atoms with E-state index in [-0.39, 0.29) is 5.69 Å². The third kappa shape index (κ3) is 2.74. The van der Waals surface area contributed by atoms with Gasteiger partial charge in [-0.3, -0.25) is 10.1 Å². The van der Waals surface area contributed by atoms with Crippen LogP contribution in [0.3, 0.4) is 0 Å². The fraction of sp³-hybridized carbons (Fsp3) is 0.286. The minimum atomic E-state index is -0.411. The summed E-state index contributed by atoms with van der Waals surface area (Å²) < 4.78 is 0. The largest absolute Gasteiger partial charge is 0.373 e. The lowest BCUT2D eigenvalue weighted by molar-refractivity contribution is -0.384. The van der Waals surface area contributed by atoms with E-state index in [4.69, 9.17) is 0 Å². The Balaban J connectivity index is 2.60. The van der Waals surface area contributed by atoms with E-state index >= 15 is 0 Å². The number of anilines is 1. The van der Waals surface area contributed by atoms with Crippen molar-refractivity contribution in [3.05, 3.63) is 45.6 Å². The van der Waals surface area contributed by atoms with Crippen molar-refractivity contribution < 1.29 is 4.92 Å². The van der Waals surface area contributed by atoms with Crippen LogP contribution in [0.4, 0.5) is 11.5 Å². The first-order chi connectivity index (χ1) is 9.55. The Hall–Kier alpha value is -2.50. The molecule has 0 aliphatic carbocycles. The van der Waals surface area contributed by atoms with Crippen LogP contribution in [0.1, 0.15) is 18.2 Å². The molecule has 1 heterocycles. The SMILES string of the molecule is CCc1cc(NC)nc(-c2cc([N+](=O)[O-])ccc2C)n1. The van der Waals surface area contributed by atoms with Gasteiger partial charge in [0.25, 0.3) is 5.69 Å². The summed E-state index contributed by atoms with van der Waals surface area (Å²) in [5, 5.41) is 13.9. The van der Waals surface area contributed by atoms with Crippen LogP contribution in [0.5, 0.6) is 0 Å². The molecule has 1 N–H and O–H groups in total. The summed E-state index contributed by atoms with van der Waals surface area (Å²) in [5.74, 6) is 1.22. The Labute approximate surface area is 117 Å². The molecule has 6 heteroatoms. The number of nitro groups is 1. The van der Waals surface area contributed by atoms with Crippen molar-refractivity contribution in [1.29, 1.82) is 0 Å². The third-order valence-electron chi connectivity index (χ3n) is 3.07. The van der Waals surface area contributed by atoms with Crippen molar-refractivity contribution in [2.24, 2.45) is 0 Å². The molecule has 1 aromatic carbocycles. The van der Waals surface area contributed by atoms with Gasteiger partial charge in [-0.05, 0) is 18.9 Å². The highest BCUT2D eigenvalue weighted by Gasteiger charge is 2.13. The Morgan fingerprint density at radius 2 is 2.05 bits per heavy atom. The molecule has 0 atom stereocenters. The number of hydrogen-bond donors (Lipinski definition) is 1. The smallest absolute Gasteiger partial charge is 0.270 e. The maximum Gasteiger partial charge on any atom is 0.270 e. The van der Waals surface area contributed by atoms with E-state index in [1.807, 2.05) is 19.9 Å². The normalized spacial score (nSPS) is 10.3. The van der Waals surface area contributed by atoms with Crippen LogP contribution in [-0.4, -0.2) is 21.9 Å². The van der Waals surface area contributed by atoms with Crippen molar-refractivity contribution in [3.63, 3.8) is 0 Å². The summed E-state index contributed by atoms with van der Waals surface area (Å²) >= 11 is 0. The molecule has 104 valence electrons. The quantitative estimate of drug-likeness (QED) is 0.683. The van der Waals surface area contributed by atoms with Crippen molar-refractivity contribution in [2.75, 3.05) is 12.4 Å². The summed E-state index contributed by atoms with van der Waals surface area (Å²) in [5.41, 5.74) is 2.53. The van der Waals surface area contributed by atoms with Gasteiger partial charge >= 0.3 is 0 Å². The molecular formula is C14H16N4O2. The molecule has 0 saturated carbocycles. The number of nitrogens with one attached hydrogen (secondary N) is 1. The van der Waals surface area contributed by atoms with Crippen molar-refractivity contribution in [3.8, 4) is 11.4 Å². The lowest BCUT2D eigenvalue weighted by Gasteiger charge is -2.08. The van der Waals surface area contributed by atoms with Gasteiger partial charge in [0.1, 0.15) is 5.82 Å². The van der Waals surface area contributed by atoms with Crippen LogP contribution in [-0.2, 0) is 6.42 Å². The Bertz CT molecular complexity index is 633. The van der Waals surface area contributed by atoms with Crippen LogP contribution in [0, 0.1) is 17.0 Å². The van der Waals surface area contributed by atoms with E-state index in [2.05, 4.69) is 15.3 Å². The molecule has 0 unspecified atom stereocenters. The van der Waals surface area contributed by atoms with E-state index in [1.54, 1.807) is 13.1 Å². The number of benzene rings is 1. The van der Waals surface area contributed by atoms with Gasteiger partial charge < -0.3 is 5.32 Å². The Morgan fingerprint density at radius 1 is 1.30 bits per heavy atom. The fourth-order valence-corrected chi connectivity index (χ4v) is 1.89. The van der Waals surface area contributed by atoms with Crippen LogP contribution in [0.15, 0.2) is 24.3 Å². The Morgan fingerprint density at radius 3 is 2.65 bits per heavy atom. The molecule has 0 fully saturated rings. The molecule has 0 bridgehead atoms. The summed E-state index contributed by atoms with van der Waals surface area (Å²) in [6.07, 6.45) is 0.776. The average molecular weight is 272 g/mol. The van der Waals surface area contributed by atoms with Crippen molar-refractivity contribution in [2.45, 2.75) is 20.3 Å². The molecular weight excluding hydrogens is 256 g/mol. The van der Waals surface area contributed by atoms with Gasteiger partial charge in [0.15, 0.2) is 5.82 Å². The predicted molar refractivity (Wildman–Crippen MR) is 77.8 cm³/mol. The maximum atomic E-state index is 10.9. The summed E-state index contributed by atoms with van der Waals surface area (Å²) in [6.45, 7) is 3.89. The van der Waals surface area contributed by atoms with Gasteiger partial charge in [-0.25, -0.2) is 9.97 Å². The standard InChI is InChI=1S/C14H16N4O2/c1-4-10-7-13(15-3)17-14(16-10)12-8-11(18(19)20)6-5-9(12)2/h5-8H,4H2,1-3H3,(H,15,16,17). The zero-order valence-electron chi connectivity index (χ0n) is 11.7. The molecule has 2 aromatic rings. The molecule has 0 amide bonds. The number of rotatable bonds is 4. The molecule has 0 saturated heterocycles. The van der Waals surface area contributed by atoms with Crippen LogP contribution in [0.2, 0.25) is 0 Å². The number of nitrogens with zero attached hydrogens (tertiary/aromatic N) is 3. The number of non-ortho nitro benzene ring substituents is 1. The first kappa shape index (κ1) is 13.9. The second-order valence-corrected chi connectivity index (χ2v) is 4.43. The third-order valence-corrected chi connectivity index (χ3v) is 3.07. The molecule has 0 aliphatic heterocycles. The first-order valence-electron chi connectivity index (χ1n) is 6.36. The van der Waals surface area contributed by atoms with E-state index in [0.717, 1.165) is 17.7 Å². The van der Waals surface area contributed by atoms with E-state index in [1.165, 1.54) is 12.1 Å². The topological polar surface area (TPSA) is 81.0 Å². The number of nitro benzene ring substituents is 1. The van der Waals surface area contributed by atoms with Gasteiger partial charge in [0.2, 0.25) is 0 Å². The second-order valence-electron chi connectivity index (χ2n) is 4.43. The van der Waals surface area contributed by atoms with Crippen molar-refractivity contribution in [1.82, 2.24) is 9.97 Å². The zero-order chi connectivity index (χ0) is 14.7. The zero-order valence-corrected chi connectivity index (χ0v) is 11.7. The van der Waals surface area contributed by atoms with E-state index < -0.39 is 4.92 Å². The highest BCUT2D eigenvalue weighted by Crippen LogP contribution is 2.26. The highest BCUT2D eigenvalue weighted by molar-refractivity contribution is 5.65. The molecule has 0 radical (unpaired) electrons. The molecule has 20 heavy (non-hydrogen) atoms. The highest BCUT2D eigenvalue weighted by atomic mass is 16.6. The number of hydrogen-bond acceptors (Lipinski definition) is 5. The predicted octanol–water partition coefficient (Wildman–Crippen LogP) is 2.96. The minimum absolute atomic E-state index is 0.0436. The van der Waals surface area contributed by atoms with Crippen LogP contribution in [0.25, 0.3) is 11.4 Å². The minimum Gasteiger partial charge on any atom is -0.373 e. The number of aryl methyl sites for hydroxylation is 2. The monoisotopic (exact) mass is 272 g/mol. The molecule has 6 nitrogen and oxygen atoms in total. The number of aromatic nitrogens is 2. The average Bonchev–Trinajstić information content (AvgIpc) is 2.46. The Kier molecular flexibility index (Phi) is 3.93. The summed E-state index contributed by atoms with van der Waals surface area (Å²) in [6, 6.07) is 6.59. The maximum absolute atomic E-state index is 10.9. The fourth-order valence-electron chi connectivity index (χ4n) is 1.89. The molecule has 0 aliphatic rings. The molecule has 2 rings (SSSR count). The van der Waals surface area contributed by atoms with Crippen molar-refractivity contribution >= 4 is 11.5 Å². The summed E-state index contributed by atoms with van der Waals surface area (Å²) in [7, 11) is 1.78. The van der Waals surface area contributed by atoms with Gasteiger partial charge in [-0.1, -0.05) is 13.0 Å². The van der Waals surface area contributed by atoms with Gasteiger partial charge in [0, 0.05) is 36.5 Å². The molecule has 1 aromatic heterocycles. The lowest BCUT2D eigenvalue weighted by atomic mass is 10.1. The molecule has 0 spiro atoms. The van der Waals surface area contributed by atoms with E-state index in [0.29, 0.717) is 17.2 Å². The second kappa shape index (κ2) is 5.64. The van der Waals surface area contributed by atoms with Gasteiger partial charge in [-0.2, -0.15) is 0 Å². The first-order valence-corrected chi connectivity index (χ1v) is 6.36. The van der Waals surface area contributed by atoms with E-state index in [9.17, 15) is 10.1 Å². The van der Waals surface area contributed by atoms with Crippen LogP contribution < -0.4 is 5.32 Å². The van der Waals surface area contributed by atoms with Crippen LogP contribution >= 0.6 is 0 Å². The van der Waals surface area contributed by atoms with Gasteiger partial charge in [0.05, 0.1) is 4.92 Å². The lowest BCUT2D eigenvalue weighted by Crippen LogP contribution is -2.01.